The summed E-state index contributed by atoms with van der Waals surface area (Å²) in [5, 5.41) is 0. The normalized spacial score (nSPS) is 15.5. The molecule has 1 aliphatic rings. The number of nitrogens with zero attached hydrogens (tertiary/aromatic N) is 2. The molecule has 1 fully saturated rings. The van der Waals surface area contributed by atoms with E-state index in [2.05, 4.69) is 52.3 Å². The summed E-state index contributed by atoms with van der Waals surface area (Å²) in [6.45, 7) is 7.04. The number of hydrogen-bond acceptors (Lipinski definition) is 5. The fraction of sp³-hybridized carbons (Fsp3) is 0.481. The second-order valence-corrected chi connectivity index (χ2v) is 8.46. The molecule has 0 N–H and O–H groups in total. The monoisotopic (exact) mass is 438 g/mol. The SMILES string of the molecule is COCCN(C/C=C/c1ccc(OC)cc1)CC1CCN(Cc2ccccc2OC)CC1. The molecule has 0 aliphatic carbocycles. The van der Waals surface area contributed by atoms with Crippen LogP contribution in [0, 0.1) is 5.92 Å². The molecule has 174 valence electrons. The fourth-order valence-electron chi connectivity index (χ4n) is 4.30. The van der Waals surface area contributed by atoms with Gasteiger partial charge in [-0.1, -0.05) is 42.5 Å². The Morgan fingerprint density at radius 1 is 0.969 bits per heavy atom. The fourth-order valence-corrected chi connectivity index (χ4v) is 4.30. The van der Waals surface area contributed by atoms with E-state index < -0.39 is 0 Å². The number of rotatable bonds is 12. The highest BCUT2D eigenvalue weighted by Gasteiger charge is 2.22. The van der Waals surface area contributed by atoms with Crippen LogP contribution in [0.25, 0.3) is 6.08 Å². The molecule has 5 heteroatoms. The summed E-state index contributed by atoms with van der Waals surface area (Å²) in [4.78, 5) is 5.07. The van der Waals surface area contributed by atoms with Crippen molar-refractivity contribution in [3.63, 3.8) is 0 Å². The van der Waals surface area contributed by atoms with Crippen molar-refractivity contribution in [2.24, 2.45) is 5.92 Å². The molecule has 0 bridgehead atoms. The molecular formula is C27H38N2O3. The Morgan fingerprint density at radius 3 is 2.41 bits per heavy atom. The Balaban J connectivity index is 1.47. The van der Waals surface area contributed by atoms with Gasteiger partial charge in [0.1, 0.15) is 11.5 Å². The molecule has 0 unspecified atom stereocenters. The lowest BCUT2D eigenvalue weighted by molar-refractivity contribution is 0.116. The van der Waals surface area contributed by atoms with Gasteiger partial charge in [-0.05, 0) is 55.6 Å². The average Bonchev–Trinajstić information content (AvgIpc) is 2.84. The van der Waals surface area contributed by atoms with Crippen LogP contribution in [0.15, 0.2) is 54.6 Å². The third-order valence-electron chi connectivity index (χ3n) is 6.21. The van der Waals surface area contributed by atoms with Crippen LogP contribution in [0.5, 0.6) is 11.5 Å². The first-order valence-corrected chi connectivity index (χ1v) is 11.6. The van der Waals surface area contributed by atoms with Crippen LogP contribution in [-0.4, -0.2) is 70.5 Å². The van der Waals surface area contributed by atoms with E-state index in [9.17, 15) is 0 Å². The molecule has 0 aromatic heterocycles. The van der Waals surface area contributed by atoms with Gasteiger partial charge < -0.3 is 14.2 Å². The van der Waals surface area contributed by atoms with Crippen molar-refractivity contribution in [2.75, 3.05) is 60.7 Å². The molecule has 1 aliphatic heterocycles. The molecule has 0 radical (unpaired) electrons. The van der Waals surface area contributed by atoms with E-state index >= 15 is 0 Å². The van der Waals surface area contributed by atoms with E-state index in [1.54, 1.807) is 21.3 Å². The van der Waals surface area contributed by atoms with E-state index in [1.807, 2.05) is 18.2 Å². The molecule has 0 saturated carbocycles. The van der Waals surface area contributed by atoms with Crippen LogP contribution in [0.3, 0.4) is 0 Å². The number of ether oxygens (including phenoxy) is 3. The highest BCUT2D eigenvalue weighted by molar-refractivity contribution is 5.50. The molecule has 2 aromatic carbocycles. The first kappa shape index (κ1) is 24.3. The summed E-state index contributed by atoms with van der Waals surface area (Å²) in [6, 6.07) is 16.5. The van der Waals surface area contributed by atoms with E-state index in [1.165, 1.54) is 24.0 Å². The Hall–Kier alpha value is -2.34. The van der Waals surface area contributed by atoms with Crippen LogP contribution in [0.1, 0.15) is 24.0 Å². The average molecular weight is 439 g/mol. The zero-order valence-corrected chi connectivity index (χ0v) is 19.8. The molecule has 0 spiro atoms. The maximum atomic E-state index is 5.52. The van der Waals surface area contributed by atoms with E-state index in [4.69, 9.17) is 14.2 Å². The highest BCUT2D eigenvalue weighted by Crippen LogP contribution is 2.24. The second kappa shape index (κ2) is 13.3. The lowest BCUT2D eigenvalue weighted by Crippen LogP contribution is -2.39. The summed E-state index contributed by atoms with van der Waals surface area (Å²) in [6.07, 6.45) is 6.92. The van der Waals surface area contributed by atoms with Crippen molar-refractivity contribution < 1.29 is 14.2 Å². The zero-order chi connectivity index (χ0) is 22.6. The van der Waals surface area contributed by atoms with Gasteiger partial charge in [-0.2, -0.15) is 0 Å². The molecular weight excluding hydrogens is 400 g/mol. The summed E-state index contributed by atoms with van der Waals surface area (Å²) in [5.74, 6) is 2.61. The lowest BCUT2D eigenvalue weighted by atomic mass is 9.95. The molecule has 32 heavy (non-hydrogen) atoms. The van der Waals surface area contributed by atoms with Crippen LogP contribution in [0.2, 0.25) is 0 Å². The minimum Gasteiger partial charge on any atom is -0.497 e. The number of hydrogen-bond donors (Lipinski definition) is 0. The quantitative estimate of drug-likeness (QED) is 0.485. The Morgan fingerprint density at radius 2 is 1.72 bits per heavy atom. The van der Waals surface area contributed by atoms with Crippen LogP contribution in [0.4, 0.5) is 0 Å². The van der Waals surface area contributed by atoms with E-state index in [-0.39, 0.29) is 0 Å². The molecule has 0 amide bonds. The van der Waals surface area contributed by atoms with Crippen molar-refractivity contribution in [3.8, 4) is 11.5 Å². The maximum absolute atomic E-state index is 5.52. The predicted molar refractivity (Wildman–Crippen MR) is 131 cm³/mol. The minimum absolute atomic E-state index is 0.732. The van der Waals surface area contributed by atoms with Crippen LogP contribution < -0.4 is 9.47 Å². The third kappa shape index (κ3) is 7.66. The number of benzene rings is 2. The van der Waals surface area contributed by atoms with Gasteiger partial charge in [0.05, 0.1) is 20.8 Å². The van der Waals surface area contributed by atoms with Gasteiger partial charge in [0.25, 0.3) is 0 Å². The van der Waals surface area contributed by atoms with Gasteiger partial charge in [-0.25, -0.2) is 0 Å². The zero-order valence-electron chi connectivity index (χ0n) is 19.8. The van der Waals surface area contributed by atoms with E-state index in [0.717, 1.165) is 63.3 Å². The molecule has 0 atom stereocenters. The molecule has 3 rings (SSSR count). The van der Waals surface area contributed by atoms with Gasteiger partial charge in [-0.3, -0.25) is 9.80 Å². The molecule has 1 heterocycles. The van der Waals surface area contributed by atoms with Gasteiger partial charge >= 0.3 is 0 Å². The van der Waals surface area contributed by atoms with Crippen molar-refractivity contribution >= 4 is 6.08 Å². The maximum Gasteiger partial charge on any atom is 0.123 e. The van der Waals surface area contributed by atoms with Gasteiger partial charge in [0.15, 0.2) is 0 Å². The van der Waals surface area contributed by atoms with Crippen molar-refractivity contribution in [2.45, 2.75) is 19.4 Å². The smallest absolute Gasteiger partial charge is 0.123 e. The Kier molecular flexibility index (Phi) is 10.1. The summed E-state index contributed by atoms with van der Waals surface area (Å²) >= 11 is 0. The largest absolute Gasteiger partial charge is 0.497 e. The van der Waals surface area contributed by atoms with Crippen LogP contribution in [-0.2, 0) is 11.3 Å². The Labute approximate surface area is 193 Å². The van der Waals surface area contributed by atoms with Crippen molar-refractivity contribution in [1.82, 2.24) is 9.80 Å². The first-order valence-electron chi connectivity index (χ1n) is 11.6. The van der Waals surface area contributed by atoms with E-state index in [0.29, 0.717) is 0 Å². The third-order valence-corrected chi connectivity index (χ3v) is 6.21. The summed E-state index contributed by atoms with van der Waals surface area (Å²) < 4.78 is 16.1. The molecule has 2 aromatic rings. The second-order valence-electron chi connectivity index (χ2n) is 8.46. The van der Waals surface area contributed by atoms with Crippen molar-refractivity contribution in [3.05, 3.63) is 65.7 Å². The number of likely N-dealkylation sites (tertiary alicyclic amines) is 1. The summed E-state index contributed by atoms with van der Waals surface area (Å²) in [7, 11) is 5.23. The standard InChI is InChI=1S/C27H38N2O3/c1-30-20-19-28(16-6-7-23-10-12-26(31-2)13-11-23)21-24-14-17-29(18-15-24)22-25-8-4-5-9-27(25)32-3/h4-13,24H,14-22H2,1-3H3/b7-6+. The number of methoxy groups -OCH3 is 3. The first-order chi connectivity index (χ1) is 15.7. The number of para-hydroxylation sites is 1. The van der Waals surface area contributed by atoms with Gasteiger partial charge in [-0.15, -0.1) is 0 Å². The molecule has 1 saturated heterocycles. The Bertz CT molecular complexity index is 814. The topological polar surface area (TPSA) is 34.2 Å². The lowest BCUT2D eigenvalue weighted by Gasteiger charge is -2.34. The predicted octanol–water partition coefficient (Wildman–Crippen LogP) is 4.58. The van der Waals surface area contributed by atoms with Crippen LogP contribution >= 0.6 is 0 Å². The highest BCUT2D eigenvalue weighted by atomic mass is 16.5. The number of piperidine rings is 1. The van der Waals surface area contributed by atoms with Gasteiger partial charge in [0, 0.05) is 38.9 Å². The minimum atomic E-state index is 0.732. The molecule has 5 nitrogen and oxygen atoms in total. The summed E-state index contributed by atoms with van der Waals surface area (Å²) in [5.41, 5.74) is 2.47. The van der Waals surface area contributed by atoms with Gasteiger partial charge in [0.2, 0.25) is 0 Å². The van der Waals surface area contributed by atoms with Crippen molar-refractivity contribution in [1.29, 1.82) is 0 Å².